The number of fused-ring (bicyclic) bond motifs is 1. The lowest BCUT2D eigenvalue weighted by atomic mass is 10.2. The average Bonchev–Trinajstić information content (AvgIpc) is 3.08. The first-order valence-electron chi connectivity index (χ1n) is 7.20. The van der Waals surface area contributed by atoms with Crippen LogP contribution in [0.2, 0.25) is 0 Å². The van der Waals surface area contributed by atoms with Gasteiger partial charge in [-0.05, 0) is 37.5 Å². The third-order valence-corrected chi connectivity index (χ3v) is 6.57. The molecule has 8 heteroatoms. The van der Waals surface area contributed by atoms with E-state index in [-0.39, 0.29) is 10.8 Å². The van der Waals surface area contributed by atoms with Crippen LogP contribution in [-0.2, 0) is 22.9 Å². The molecule has 0 bridgehead atoms. The normalized spacial score (nSPS) is 14.0. The van der Waals surface area contributed by atoms with E-state index in [2.05, 4.69) is 10.3 Å². The van der Waals surface area contributed by atoms with Gasteiger partial charge in [-0.15, -0.1) is 11.3 Å². The Bertz CT molecular complexity index is 835. The SMILES string of the molecule is CN(C)S(=O)(=O)c1cccc(C(=O)Nc2nc3c(s2)CCC3)c1. The fourth-order valence-corrected chi connectivity index (χ4v) is 4.41. The first-order valence-corrected chi connectivity index (χ1v) is 9.46. The standard InChI is InChI=1S/C15H17N3O3S2/c1-18(2)23(20,21)11-6-3-5-10(9-11)14(19)17-15-16-12-7-4-8-13(12)22-15/h3,5-6,9H,4,7-8H2,1-2H3,(H,16,17,19). The Morgan fingerprint density at radius 2 is 2.09 bits per heavy atom. The van der Waals surface area contributed by atoms with Gasteiger partial charge in [0.1, 0.15) is 0 Å². The number of sulfonamides is 1. The topological polar surface area (TPSA) is 79.4 Å². The molecule has 0 spiro atoms. The highest BCUT2D eigenvalue weighted by atomic mass is 32.2. The molecule has 1 aromatic carbocycles. The maximum Gasteiger partial charge on any atom is 0.257 e. The summed E-state index contributed by atoms with van der Waals surface area (Å²) in [4.78, 5) is 18.1. The molecule has 0 atom stereocenters. The van der Waals surface area contributed by atoms with E-state index in [1.165, 1.54) is 42.4 Å². The van der Waals surface area contributed by atoms with Crippen molar-refractivity contribution in [3.63, 3.8) is 0 Å². The average molecular weight is 351 g/mol. The van der Waals surface area contributed by atoms with Gasteiger partial charge in [0.2, 0.25) is 10.0 Å². The fraction of sp³-hybridized carbons (Fsp3) is 0.333. The molecule has 6 nitrogen and oxygen atoms in total. The van der Waals surface area contributed by atoms with Crippen LogP contribution < -0.4 is 5.32 Å². The summed E-state index contributed by atoms with van der Waals surface area (Å²) in [6.07, 6.45) is 3.09. The van der Waals surface area contributed by atoms with E-state index in [1.807, 2.05) is 0 Å². The van der Waals surface area contributed by atoms with Crippen LogP contribution in [0.5, 0.6) is 0 Å². The molecule has 1 heterocycles. The predicted molar refractivity (Wildman–Crippen MR) is 89.4 cm³/mol. The first-order chi connectivity index (χ1) is 10.9. The van der Waals surface area contributed by atoms with Gasteiger partial charge in [0.25, 0.3) is 5.91 Å². The Labute approximate surface area is 139 Å². The predicted octanol–water partition coefficient (Wildman–Crippen LogP) is 2.13. The third kappa shape index (κ3) is 3.15. The number of benzene rings is 1. The number of hydrogen-bond donors (Lipinski definition) is 1. The molecule has 0 saturated heterocycles. The molecule has 1 aliphatic rings. The summed E-state index contributed by atoms with van der Waals surface area (Å²) >= 11 is 1.49. The Morgan fingerprint density at radius 3 is 2.78 bits per heavy atom. The number of anilines is 1. The maximum atomic E-state index is 12.3. The van der Waals surface area contributed by atoms with Crippen LogP contribution in [0.4, 0.5) is 5.13 Å². The zero-order valence-electron chi connectivity index (χ0n) is 12.9. The summed E-state index contributed by atoms with van der Waals surface area (Å²) in [5.74, 6) is -0.353. The van der Waals surface area contributed by atoms with Crippen molar-refractivity contribution in [3.05, 3.63) is 40.4 Å². The molecular weight excluding hydrogens is 334 g/mol. The zero-order chi connectivity index (χ0) is 16.6. The molecule has 1 aliphatic carbocycles. The monoisotopic (exact) mass is 351 g/mol. The summed E-state index contributed by atoms with van der Waals surface area (Å²) < 4.78 is 25.4. The van der Waals surface area contributed by atoms with Crippen LogP contribution in [0.3, 0.4) is 0 Å². The summed E-state index contributed by atoms with van der Waals surface area (Å²) in [7, 11) is -0.648. The second-order valence-corrected chi connectivity index (χ2v) is 8.75. The molecule has 0 fully saturated rings. The number of hydrogen-bond acceptors (Lipinski definition) is 5. The lowest BCUT2D eigenvalue weighted by Gasteiger charge is -2.12. The fourth-order valence-electron chi connectivity index (χ4n) is 2.42. The van der Waals surface area contributed by atoms with Gasteiger partial charge < -0.3 is 0 Å². The second kappa shape index (κ2) is 6.03. The molecule has 122 valence electrons. The van der Waals surface area contributed by atoms with Crippen molar-refractivity contribution in [2.24, 2.45) is 0 Å². The first kappa shape index (κ1) is 16.1. The quantitative estimate of drug-likeness (QED) is 0.915. The van der Waals surface area contributed by atoms with Crippen molar-refractivity contribution in [2.75, 3.05) is 19.4 Å². The maximum absolute atomic E-state index is 12.3. The molecule has 0 unspecified atom stereocenters. The van der Waals surface area contributed by atoms with Crippen molar-refractivity contribution < 1.29 is 13.2 Å². The minimum absolute atomic E-state index is 0.0942. The largest absolute Gasteiger partial charge is 0.298 e. The number of thiazole rings is 1. The van der Waals surface area contributed by atoms with Crippen molar-refractivity contribution in [1.82, 2.24) is 9.29 Å². The van der Waals surface area contributed by atoms with Gasteiger partial charge in [-0.2, -0.15) is 0 Å². The summed E-state index contributed by atoms with van der Waals surface area (Å²) in [6, 6.07) is 6.01. The molecule has 3 rings (SSSR count). The van der Waals surface area contributed by atoms with Crippen LogP contribution in [0.25, 0.3) is 0 Å². The van der Waals surface area contributed by atoms with Crippen molar-refractivity contribution in [1.29, 1.82) is 0 Å². The van der Waals surface area contributed by atoms with E-state index in [9.17, 15) is 13.2 Å². The highest BCUT2D eigenvalue weighted by Crippen LogP contribution is 2.30. The van der Waals surface area contributed by atoms with E-state index in [0.717, 1.165) is 29.3 Å². The molecule has 0 saturated carbocycles. The van der Waals surface area contributed by atoms with Crippen molar-refractivity contribution >= 4 is 32.4 Å². The number of carbonyl (C=O) groups excluding carboxylic acids is 1. The van der Waals surface area contributed by atoms with Gasteiger partial charge in [-0.3, -0.25) is 10.1 Å². The van der Waals surface area contributed by atoms with Crippen LogP contribution >= 0.6 is 11.3 Å². The molecule has 0 aliphatic heterocycles. The number of carbonyl (C=O) groups is 1. The second-order valence-electron chi connectivity index (χ2n) is 5.51. The van der Waals surface area contributed by atoms with Gasteiger partial charge >= 0.3 is 0 Å². The van der Waals surface area contributed by atoms with Crippen LogP contribution in [0, 0.1) is 0 Å². The summed E-state index contributed by atoms with van der Waals surface area (Å²) in [6.45, 7) is 0. The molecule has 1 amide bonds. The lowest BCUT2D eigenvalue weighted by molar-refractivity contribution is 0.102. The van der Waals surface area contributed by atoms with Gasteiger partial charge in [0, 0.05) is 24.5 Å². The molecule has 0 radical (unpaired) electrons. The minimum atomic E-state index is -3.56. The number of aromatic nitrogens is 1. The minimum Gasteiger partial charge on any atom is -0.298 e. The highest BCUT2D eigenvalue weighted by Gasteiger charge is 2.20. The van der Waals surface area contributed by atoms with E-state index < -0.39 is 10.0 Å². The summed E-state index contributed by atoms with van der Waals surface area (Å²) in [5, 5.41) is 3.33. The Morgan fingerprint density at radius 1 is 1.30 bits per heavy atom. The number of nitrogens with one attached hydrogen (secondary N) is 1. The van der Waals surface area contributed by atoms with E-state index in [4.69, 9.17) is 0 Å². The molecule has 1 N–H and O–H groups in total. The molecule has 23 heavy (non-hydrogen) atoms. The number of aryl methyl sites for hydroxylation is 2. The van der Waals surface area contributed by atoms with Crippen LogP contribution in [0.1, 0.15) is 27.3 Å². The number of nitrogens with zero attached hydrogens (tertiary/aromatic N) is 2. The number of amides is 1. The lowest BCUT2D eigenvalue weighted by Crippen LogP contribution is -2.22. The Kier molecular flexibility index (Phi) is 4.22. The van der Waals surface area contributed by atoms with Crippen LogP contribution in [-0.4, -0.2) is 37.7 Å². The van der Waals surface area contributed by atoms with E-state index >= 15 is 0 Å². The van der Waals surface area contributed by atoms with Gasteiger partial charge in [-0.25, -0.2) is 17.7 Å². The third-order valence-electron chi connectivity index (χ3n) is 3.69. The smallest absolute Gasteiger partial charge is 0.257 e. The highest BCUT2D eigenvalue weighted by molar-refractivity contribution is 7.89. The summed E-state index contributed by atoms with van der Waals surface area (Å²) in [5.41, 5.74) is 1.36. The number of rotatable bonds is 4. The van der Waals surface area contributed by atoms with Crippen molar-refractivity contribution in [3.8, 4) is 0 Å². The Balaban J connectivity index is 1.82. The van der Waals surface area contributed by atoms with Crippen LogP contribution in [0.15, 0.2) is 29.2 Å². The van der Waals surface area contributed by atoms with E-state index in [0.29, 0.717) is 10.7 Å². The van der Waals surface area contributed by atoms with Crippen molar-refractivity contribution in [2.45, 2.75) is 24.2 Å². The zero-order valence-corrected chi connectivity index (χ0v) is 14.5. The molecule has 2 aromatic rings. The van der Waals surface area contributed by atoms with Gasteiger partial charge in [0.15, 0.2) is 5.13 Å². The Hall–Kier alpha value is -1.77. The molecular formula is C15H17N3O3S2. The van der Waals surface area contributed by atoms with Gasteiger partial charge in [-0.1, -0.05) is 6.07 Å². The van der Waals surface area contributed by atoms with E-state index in [1.54, 1.807) is 12.1 Å². The van der Waals surface area contributed by atoms with Gasteiger partial charge in [0.05, 0.1) is 10.6 Å². The molecule has 1 aromatic heterocycles.